The van der Waals surface area contributed by atoms with Crippen LogP contribution >= 0.6 is 0 Å². The Morgan fingerprint density at radius 2 is 2.14 bits per heavy atom. The molecule has 0 spiro atoms. The Bertz CT molecular complexity index is 485. The molecule has 0 saturated carbocycles. The quantitative estimate of drug-likeness (QED) is 0.724. The molecule has 0 aliphatic carbocycles. The van der Waals surface area contributed by atoms with E-state index in [0.29, 0.717) is 18.5 Å². The highest BCUT2D eigenvalue weighted by Gasteiger charge is 2.25. The number of rotatable bonds is 8. The van der Waals surface area contributed by atoms with Gasteiger partial charge in [0, 0.05) is 25.4 Å². The van der Waals surface area contributed by atoms with Gasteiger partial charge in [0.25, 0.3) is 0 Å². The molecule has 0 fully saturated rings. The van der Waals surface area contributed by atoms with Crippen LogP contribution in [0.4, 0.5) is 4.39 Å². The zero-order valence-electron chi connectivity index (χ0n) is 12.6. The first-order valence-corrected chi connectivity index (χ1v) is 7.22. The first-order valence-electron chi connectivity index (χ1n) is 7.22. The van der Waals surface area contributed by atoms with Crippen LogP contribution in [0, 0.1) is 11.2 Å². The third-order valence-corrected chi connectivity index (χ3v) is 3.93. The molecule has 1 aromatic heterocycles. The Hall–Kier alpha value is -1.75. The van der Waals surface area contributed by atoms with Gasteiger partial charge in [-0.3, -0.25) is 9.78 Å². The Morgan fingerprint density at radius 1 is 1.43 bits per heavy atom. The number of nitrogens with zero attached hydrogens (tertiary/aromatic N) is 1. The van der Waals surface area contributed by atoms with Crippen LogP contribution in [-0.4, -0.2) is 29.1 Å². The van der Waals surface area contributed by atoms with Gasteiger partial charge in [0.15, 0.2) is 0 Å². The van der Waals surface area contributed by atoms with Gasteiger partial charge in [-0.2, -0.15) is 0 Å². The zero-order chi connectivity index (χ0) is 15.7. The molecule has 1 heterocycles. The van der Waals surface area contributed by atoms with Crippen LogP contribution in [0.15, 0.2) is 24.5 Å². The first-order chi connectivity index (χ1) is 10.0. The molecule has 4 nitrogen and oxygen atoms in total. The van der Waals surface area contributed by atoms with E-state index in [4.69, 9.17) is 5.11 Å². The van der Waals surface area contributed by atoms with Crippen molar-refractivity contribution in [2.45, 2.75) is 33.1 Å². The third-order valence-electron chi connectivity index (χ3n) is 3.93. The van der Waals surface area contributed by atoms with Gasteiger partial charge < -0.3 is 10.4 Å². The molecular weight excluding hydrogens is 271 g/mol. The van der Waals surface area contributed by atoms with Gasteiger partial charge in [0.2, 0.25) is 5.91 Å². The van der Waals surface area contributed by atoms with E-state index in [1.54, 1.807) is 0 Å². The van der Waals surface area contributed by atoms with Gasteiger partial charge in [-0.05, 0) is 42.4 Å². The molecule has 0 aliphatic heterocycles. The Labute approximate surface area is 125 Å². The third kappa shape index (κ3) is 5.63. The summed E-state index contributed by atoms with van der Waals surface area (Å²) in [6.45, 7) is 4.74. The Balaban J connectivity index is 2.57. The maximum absolute atomic E-state index is 13.0. The average molecular weight is 294 g/mol. The summed E-state index contributed by atoms with van der Waals surface area (Å²) in [7, 11) is 0. The molecule has 5 heteroatoms. The molecule has 0 radical (unpaired) electrons. The molecule has 0 aliphatic rings. The van der Waals surface area contributed by atoms with Gasteiger partial charge >= 0.3 is 0 Å². The van der Waals surface area contributed by atoms with Crippen molar-refractivity contribution in [3.8, 4) is 0 Å². The van der Waals surface area contributed by atoms with Crippen molar-refractivity contribution < 1.29 is 14.3 Å². The van der Waals surface area contributed by atoms with E-state index >= 15 is 0 Å². The molecule has 0 atom stereocenters. The van der Waals surface area contributed by atoms with E-state index in [9.17, 15) is 9.18 Å². The van der Waals surface area contributed by atoms with E-state index in [0.717, 1.165) is 19.0 Å². The van der Waals surface area contributed by atoms with E-state index < -0.39 is 5.82 Å². The fraction of sp³-hybridized carbons (Fsp3) is 0.500. The standard InChI is InChI=1S/C16H23FN2O2/c1-3-16(4-2,7-8-20)12-19-15(21)6-5-13-9-14(17)11-18-10-13/h5-6,9-11,20H,3-4,7-8,12H2,1-2H3,(H,19,21)/b6-5+. The normalized spacial score (nSPS) is 11.8. The number of nitrogens with one attached hydrogen (secondary N) is 1. The summed E-state index contributed by atoms with van der Waals surface area (Å²) in [5, 5.41) is 12.0. The van der Waals surface area contributed by atoms with Crippen molar-refractivity contribution >= 4 is 12.0 Å². The number of halogens is 1. The summed E-state index contributed by atoms with van der Waals surface area (Å²) in [5.41, 5.74) is 0.469. The number of aromatic nitrogens is 1. The zero-order valence-corrected chi connectivity index (χ0v) is 12.6. The van der Waals surface area contributed by atoms with E-state index in [-0.39, 0.29) is 17.9 Å². The molecule has 0 saturated heterocycles. The van der Waals surface area contributed by atoms with E-state index in [1.807, 2.05) is 0 Å². The lowest BCUT2D eigenvalue weighted by molar-refractivity contribution is -0.117. The number of carbonyl (C=O) groups is 1. The Morgan fingerprint density at radius 3 is 2.71 bits per heavy atom. The van der Waals surface area contributed by atoms with Gasteiger partial charge in [0.05, 0.1) is 6.20 Å². The van der Waals surface area contributed by atoms with Crippen molar-refractivity contribution in [3.63, 3.8) is 0 Å². The summed E-state index contributed by atoms with van der Waals surface area (Å²) in [5.74, 6) is -0.667. The van der Waals surface area contributed by atoms with Crippen molar-refractivity contribution in [1.29, 1.82) is 0 Å². The average Bonchev–Trinajstić information content (AvgIpc) is 2.49. The predicted molar refractivity (Wildman–Crippen MR) is 81.0 cm³/mol. The van der Waals surface area contributed by atoms with Crippen LogP contribution in [-0.2, 0) is 4.79 Å². The molecular formula is C16H23FN2O2. The molecule has 0 aromatic carbocycles. The Kier molecular flexibility index (Phi) is 7.02. The summed E-state index contributed by atoms with van der Waals surface area (Å²) in [6, 6.07) is 1.31. The minimum absolute atomic E-state index is 0.0708. The first kappa shape index (κ1) is 17.3. The second-order valence-corrected chi connectivity index (χ2v) is 5.17. The largest absolute Gasteiger partial charge is 0.396 e. The monoisotopic (exact) mass is 294 g/mol. The maximum atomic E-state index is 13.0. The van der Waals surface area contributed by atoms with Crippen LogP contribution in [0.25, 0.3) is 6.08 Å². The molecule has 0 unspecified atom stereocenters. The van der Waals surface area contributed by atoms with Crippen LogP contribution in [0.5, 0.6) is 0 Å². The van der Waals surface area contributed by atoms with Gasteiger partial charge in [0.1, 0.15) is 5.82 Å². The number of amides is 1. The number of aliphatic hydroxyl groups is 1. The number of hydrogen-bond acceptors (Lipinski definition) is 3. The summed E-state index contributed by atoms with van der Waals surface area (Å²) in [4.78, 5) is 15.5. The number of pyridine rings is 1. The van der Waals surface area contributed by atoms with Crippen LogP contribution < -0.4 is 5.32 Å². The van der Waals surface area contributed by atoms with Crippen molar-refractivity contribution in [2.75, 3.05) is 13.2 Å². The minimum Gasteiger partial charge on any atom is -0.396 e. The number of carbonyl (C=O) groups excluding carboxylic acids is 1. The predicted octanol–water partition coefficient (Wildman–Crippen LogP) is 2.54. The highest BCUT2D eigenvalue weighted by atomic mass is 19.1. The molecule has 21 heavy (non-hydrogen) atoms. The lowest BCUT2D eigenvalue weighted by Crippen LogP contribution is -2.36. The molecule has 116 valence electrons. The SMILES string of the molecule is CCC(CC)(CCO)CNC(=O)/C=C/c1cncc(F)c1. The topological polar surface area (TPSA) is 62.2 Å². The summed E-state index contributed by atoms with van der Waals surface area (Å²) >= 11 is 0. The number of hydrogen-bond donors (Lipinski definition) is 2. The molecule has 2 N–H and O–H groups in total. The van der Waals surface area contributed by atoms with Crippen LogP contribution in [0.3, 0.4) is 0 Å². The summed E-state index contributed by atoms with van der Waals surface area (Å²) < 4.78 is 13.0. The van der Waals surface area contributed by atoms with Gasteiger partial charge in [-0.1, -0.05) is 13.8 Å². The second kappa shape index (κ2) is 8.52. The van der Waals surface area contributed by atoms with E-state index in [1.165, 1.54) is 24.4 Å². The number of aliphatic hydroxyl groups excluding tert-OH is 1. The lowest BCUT2D eigenvalue weighted by atomic mass is 9.79. The summed E-state index contributed by atoms with van der Waals surface area (Å²) in [6.07, 6.45) is 7.94. The highest BCUT2D eigenvalue weighted by Crippen LogP contribution is 2.29. The molecule has 0 bridgehead atoms. The lowest BCUT2D eigenvalue weighted by Gasteiger charge is -2.31. The fourth-order valence-electron chi connectivity index (χ4n) is 2.20. The highest BCUT2D eigenvalue weighted by molar-refractivity contribution is 5.91. The smallest absolute Gasteiger partial charge is 0.244 e. The van der Waals surface area contributed by atoms with Gasteiger partial charge in [-0.25, -0.2) is 4.39 Å². The molecule has 1 aromatic rings. The van der Waals surface area contributed by atoms with Crippen molar-refractivity contribution in [2.24, 2.45) is 5.41 Å². The maximum Gasteiger partial charge on any atom is 0.244 e. The fourth-order valence-corrected chi connectivity index (χ4v) is 2.20. The molecule has 1 amide bonds. The van der Waals surface area contributed by atoms with Crippen LogP contribution in [0.1, 0.15) is 38.7 Å². The van der Waals surface area contributed by atoms with Gasteiger partial charge in [-0.15, -0.1) is 0 Å². The second-order valence-electron chi connectivity index (χ2n) is 5.17. The van der Waals surface area contributed by atoms with Crippen molar-refractivity contribution in [3.05, 3.63) is 35.9 Å². The van der Waals surface area contributed by atoms with Crippen molar-refractivity contribution in [1.82, 2.24) is 10.3 Å². The van der Waals surface area contributed by atoms with E-state index in [2.05, 4.69) is 24.1 Å². The molecule has 1 rings (SSSR count). The minimum atomic E-state index is -0.434. The van der Waals surface area contributed by atoms with Crippen LogP contribution in [0.2, 0.25) is 0 Å².